The van der Waals surface area contributed by atoms with Crippen molar-refractivity contribution in [3.05, 3.63) is 72.8 Å². The van der Waals surface area contributed by atoms with E-state index in [1.54, 1.807) is 7.11 Å². The number of rotatable bonds is 3. The fourth-order valence-electron chi connectivity index (χ4n) is 2.81. The maximum atomic E-state index is 5.20. The van der Waals surface area contributed by atoms with Crippen LogP contribution in [0.5, 0.6) is 5.75 Å². The van der Waals surface area contributed by atoms with Gasteiger partial charge in [0.25, 0.3) is 0 Å². The van der Waals surface area contributed by atoms with E-state index in [0.717, 1.165) is 28.2 Å². The van der Waals surface area contributed by atoms with Crippen molar-refractivity contribution in [2.75, 3.05) is 12.4 Å². The van der Waals surface area contributed by atoms with E-state index in [1.807, 2.05) is 48.5 Å². The minimum atomic E-state index is 0.840. The Morgan fingerprint density at radius 1 is 0.739 bits per heavy atom. The second-order valence-corrected chi connectivity index (χ2v) is 5.38. The minimum absolute atomic E-state index is 0.840. The van der Waals surface area contributed by atoms with Gasteiger partial charge in [0.05, 0.1) is 12.6 Å². The largest absolute Gasteiger partial charge is 0.497 e. The molecule has 0 fully saturated rings. The van der Waals surface area contributed by atoms with E-state index in [0.29, 0.717) is 0 Å². The van der Waals surface area contributed by atoms with Gasteiger partial charge in [0.1, 0.15) is 11.6 Å². The van der Waals surface area contributed by atoms with E-state index in [-0.39, 0.29) is 0 Å². The number of hydrogen-bond donors (Lipinski definition) is 1. The molecule has 4 rings (SSSR count). The summed E-state index contributed by atoms with van der Waals surface area (Å²) in [5.41, 5.74) is 1.97. The second kappa shape index (κ2) is 5.61. The highest BCUT2D eigenvalue weighted by molar-refractivity contribution is 6.10. The van der Waals surface area contributed by atoms with E-state index in [9.17, 15) is 0 Å². The van der Waals surface area contributed by atoms with E-state index in [2.05, 4.69) is 29.6 Å². The van der Waals surface area contributed by atoms with E-state index < -0.39 is 0 Å². The first kappa shape index (κ1) is 13.6. The van der Waals surface area contributed by atoms with Crippen LogP contribution in [0.3, 0.4) is 0 Å². The third kappa shape index (κ3) is 2.46. The Kier molecular flexibility index (Phi) is 3.31. The highest BCUT2D eigenvalue weighted by Crippen LogP contribution is 2.31. The Morgan fingerprint density at radius 3 is 2.13 bits per heavy atom. The monoisotopic (exact) mass is 300 g/mol. The van der Waals surface area contributed by atoms with Crippen LogP contribution in [0.25, 0.3) is 21.7 Å². The van der Waals surface area contributed by atoms with Gasteiger partial charge in [-0.3, -0.25) is 0 Å². The minimum Gasteiger partial charge on any atom is -0.497 e. The Morgan fingerprint density at radius 2 is 1.39 bits per heavy atom. The van der Waals surface area contributed by atoms with Crippen LogP contribution in [-0.4, -0.2) is 12.1 Å². The Balaban J connectivity index is 1.87. The summed E-state index contributed by atoms with van der Waals surface area (Å²) >= 11 is 0. The third-order valence-electron chi connectivity index (χ3n) is 3.96. The summed E-state index contributed by atoms with van der Waals surface area (Å²) in [6, 6.07) is 24.4. The molecule has 1 N–H and O–H groups in total. The molecular formula is C20H16N2O. The van der Waals surface area contributed by atoms with Crippen molar-refractivity contribution in [2.45, 2.75) is 0 Å². The standard InChI is InChI=1S/C20H16N2O/c1-23-15-12-10-14(11-13-15)21-20-18-8-3-2-6-16(18)17-7-4-5-9-19(17)22-20/h2-13H,1H3,(H,21,22). The van der Waals surface area contributed by atoms with Gasteiger partial charge in [0, 0.05) is 16.5 Å². The number of benzene rings is 3. The van der Waals surface area contributed by atoms with Gasteiger partial charge in [-0.25, -0.2) is 4.98 Å². The maximum Gasteiger partial charge on any atom is 0.138 e. The summed E-state index contributed by atoms with van der Waals surface area (Å²) in [4.78, 5) is 4.80. The van der Waals surface area contributed by atoms with Gasteiger partial charge in [-0.2, -0.15) is 0 Å². The summed E-state index contributed by atoms with van der Waals surface area (Å²) in [5.74, 6) is 1.70. The number of fused-ring (bicyclic) bond motifs is 3. The number of nitrogens with one attached hydrogen (secondary N) is 1. The van der Waals surface area contributed by atoms with Crippen molar-refractivity contribution in [3.63, 3.8) is 0 Å². The van der Waals surface area contributed by atoms with Crippen LogP contribution in [0.1, 0.15) is 0 Å². The summed E-state index contributed by atoms with van der Waals surface area (Å²) in [5, 5.41) is 6.91. The SMILES string of the molecule is COc1ccc(Nc2nc3ccccc3c3ccccc23)cc1. The molecule has 0 aliphatic rings. The molecule has 112 valence electrons. The Hall–Kier alpha value is -3.07. The number of aromatic nitrogens is 1. The van der Waals surface area contributed by atoms with Crippen molar-refractivity contribution in [1.29, 1.82) is 0 Å². The molecular weight excluding hydrogens is 284 g/mol. The average Bonchev–Trinajstić information content (AvgIpc) is 2.62. The lowest BCUT2D eigenvalue weighted by Crippen LogP contribution is -1.96. The van der Waals surface area contributed by atoms with Gasteiger partial charge in [-0.1, -0.05) is 42.5 Å². The van der Waals surface area contributed by atoms with Crippen LogP contribution in [0.15, 0.2) is 72.8 Å². The summed E-state index contributed by atoms with van der Waals surface area (Å²) < 4.78 is 5.20. The van der Waals surface area contributed by atoms with Crippen molar-refractivity contribution >= 4 is 33.2 Å². The fourth-order valence-corrected chi connectivity index (χ4v) is 2.81. The summed E-state index contributed by atoms with van der Waals surface area (Å²) in [7, 11) is 1.67. The molecule has 1 aromatic heterocycles. The van der Waals surface area contributed by atoms with E-state index in [4.69, 9.17) is 9.72 Å². The molecule has 23 heavy (non-hydrogen) atoms. The maximum absolute atomic E-state index is 5.20. The van der Waals surface area contributed by atoms with Gasteiger partial charge in [0.15, 0.2) is 0 Å². The normalized spacial score (nSPS) is 10.8. The first-order chi connectivity index (χ1) is 11.3. The zero-order chi connectivity index (χ0) is 15.6. The number of anilines is 2. The first-order valence-electron chi connectivity index (χ1n) is 7.54. The molecule has 3 aromatic carbocycles. The van der Waals surface area contributed by atoms with Crippen LogP contribution < -0.4 is 10.1 Å². The highest BCUT2D eigenvalue weighted by atomic mass is 16.5. The van der Waals surface area contributed by atoms with Crippen molar-refractivity contribution in [3.8, 4) is 5.75 Å². The quantitative estimate of drug-likeness (QED) is 0.532. The molecule has 0 atom stereocenters. The fraction of sp³-hybridized carbons (Fsp3) is 0.0500. The molecule has 0 saturated heterocycles. The number of nitrogens with zero attached hydrogens (tertiary/aromatic N) is 1. The lowest BCUT2D eigenvalue weighted by molar-refractivity contribution is 0.415. The van der Waals surface area contributed by atoms with Gasteiger partial charge < -0.3 is 10.1 Å². The highest BCUT2D eigenvalue weighted by Gasteiger charge is 2.08. The molecule has 0 amide bonds. The van der Waals surface area contributed by atoms with Crippen molar-refractivity contribution < 1.29 is 4.74 Å². The van der Waals surface area contributed by atoms with Gasteiger partial charge in [-0.05, 0) is 35.7 Å². The molecule has 0 aliphatic heterocycles. The van der Waals surface area contributed by atoms with Crippen LogP contribution in [0.4, 0.5) is 11.5 Å². The lowest BCUT2D eigenvalue weighted by atomic mass is 10.1. The van der Waals surface area contributed by atoms with E-state index >= 15 is 0 Å². The van der Waals surface area contributed by atoms with Crippen molar-refractivity contribution in [2.24, 2.45) is 0 Å². The van der Waals surface area contributed by atoms with Gasteiger partial charge in [0.2, 0.25) is 0 Å². The zero-order valence-electron chi connectivity index (χ0n) is 12.8. The predicted octanol–water partition coefficient (Wildman–Crippen LogP) is 5.14. The lowest BCUT2D eigenvalue weighted by Gasteiger charge is -2.12. The van der Waals surface area contributed by atoms with Crippen LogP contribution in [-0.2, 0) is 0 Å². The molecule has 4 aromatic rings. The molecule has 3 nitrogen and oxygen atoms in total. The predicted molar refractivity (Wildman–Crippen MR) is 95.5 cm³/mol. The van der Waals surface area contributed by atoms with Crippen LogP contribution >= 0.6 is 0 Å². The molecule has 1 heterocycles. The molecule has 0 unspecified atom stereocenters. The number of pyridine rings is 1. The molecule has 0 saturated carbocycles. The first-order valence-corrected chi connectivity index (χ1v) is 7.54. The number of methoxy groups -OCH3 is 1. The van der Waals surface area contributed by atoms with Gasteiger partial charge >= 0.3 is 0 Å². The molecule has 0 bridgehead atoms. The number of hydrogen-bond acceptors (Lipinski definition) is 3. The zero-order valence-corrected chi connectivity index (χ0v) is 12.8. The summed E-state index contributed by atoms with van der Waals surface area (Å²) in [6.45, 7) is 0. The number of ether oxygens (including phenoxy) is 1. The Bertz CT molecular complexity index is 978. The topological polar surface area (TPSA) is 34.1 Å². The molecule has 0 radical (unpaired) electrons. The Labute approximate surface area is 134 Å². The van der Waals surface area contributed by atoms with Crippen LogP contribution in [0, 0.1) is 0 Å². The van der Waals surface area contributed by atoms with E-state index in [1.165, 1.54) is 10.8 Å². The van der Waals surface area contributed by atoms with Gasteiger partial charge in [-0.15, -0.1) is 0 Å². The molecule has 0 aliphatic carbocycles. The smallest absolute Gasteiger partial charge is 0.138 e. The second-order valence-electron chi connectivity index (χ2n) is 5.38. The van der Waals surface area contributed by atoms with Crippen LogP contribution in [0.2, 0.25) is 0 Å². The summed E-state index contributed by atoms with van der Waals surface area (Å²) in [6.07, 6.45) is 0. The number of para-hydroxylation sites is 1. The van der Waals surface area contributed by atoms with Crippen molar-refractivity contribution in [1.82, 2.24) is 4.98 Å². The average molecular weight is 300 g/mol. The molecule has 3 heteroatoms. The third-order valence-corrected chi connectivity index (χ3v) is 3.96. The molecule has 0 spiro atoms.